The highest BCUT2D eigenvalue weighted by molar-refractivity contribution is 6.74. The molecule has 2 N–H and O–H groups in total. The molecule has 0 bridgehead atoms. The molecule has 0 unspecified atom stereocenters. The van der Waals surface area contributed by atoms with E-state index in [-0.39, 0.29) is 17.0 Å². The summed E-state index contributed by atoms with van der Waals surface area (Å²) in [6, 6.07) is 0. The van der Waals surface area contributed by atoms with E-state index in [4.69, 9.17) is 19.6 Å². The summed E-state index contributed by atoms with van der Waals surface area (Å²) >= 11 is 0. The van der Waals surface area contributed by atoms with Gasteiger partial charge in [-0.3, -0.25) is 4.79 Å². The second-order valence-electron chi connectivity index (χ2n) is 9.19. The first-order valence-electron chi connectivity index (χ1n) is 8.92. The van der Waals surface area contributed by atoms with Crippen LogP contribution < -0.4 is 5.73 Å². The van der Waals surface area contributed by atoms with E-state index >= 15 is 0 Å². The molecule has 6 heteroatoms. The Hall–Kier alpha value is -0.433. The number of ether oxygens (including phenoxy) is 2. The zero-order chi connectivity index (χ0) is 19.1. The molecular weight excluding hydrogens is 322 g/mol. The lowest BCUT2D eigenvalue weighted by Gasteiger charge is -2.45. The van der Waals surface area contributed by atoms with Crippen LogP contribution in [-0.4, -0.2) is 37.8 Å². The average molecular weight is 360 g/mol. The smallest absolute Gasteiger partial charge is 0.222 e. The Morgan fingerprint density at radius 3 is 2.17 bits per heavy atom. The first-order valence-corrected chi connectivity index (χ1v) is 11.8. The zero-order valence-corrected chi connectivity index (χ0v) is 18.1. The molecule has 142 valence electrons. The number of carbonyl (C=O) groups excluding carboxylic acids is 1. The fourth-order valence-corrected chi connectivity index (χ4v) is 4.63. The third kappa shape index (κ3) is 4.21. The van der Waals surface area contributed by atoms with Gasteiger partial charge in [0.15, 0.2) is 14.1 Å². The van der Waals surface area contributed by atoms with Gasteiger partial charge >= 0.3 is 0 Å². The van der Waals surface area contributed by atoms with Gasteiger partial charge in [-0.2, -0.15) is 0 Å². The topological polar surface area (TPSA) is 70.8 Å². The molecule has 24 heavy (non-hydrogen) atoms. The standard InChI is InChI=1S/C18H37NO4Si/c1-11-13(22-24(9,10)16(3,4)5)18(8)14(12(2)15(19)20)21-17(6,7)23-18/h12-14H,11H2,1-10H3,(H2,19,20)/t12-,13-,14-,18-/m1/s1. The predicted molar refractivity (Wildman–Crippen MR) is 99.2 cm³/mol. The Kier molecular flexibility index (Phi) is 6.04. The Bertz CT molecular complexity index is 472. The summed E-state index contributed by atoms with van der Waals surface area (Å²) in [5.74, 6) is -1.60. The van der Waals surface area contributed by atoms with E-state index in [9.17, 15) is 4.79 Å². The van der Waals surface area contributed by atoms with Gasteiger partial charge in [0.1, 0.15) is 11.7 Å². The van der Waals surface area contributed by atoms with Gasteiger partial charge < -0.3 is 19.6 Å². The molecule has 1 rings (SSSR count). The van der Waals surface area contributed by atoms with E-state index in [1.54, 1.807) is 6.92 Å². The van der Waals surface area contributed by atoms with Crippen LogP contribution in [0.3, 0.4) is 0 Å². The number of hydrogen-bond donors (Lipinski definition) is 1. The largest absolute Gasteiger partial charge is 0.411 e. The Morgan fingerprint density at radius 2 is 1.79 bits per heavy atom. The molecule has 1 aliphatic rings. The summed E-state index contributed by atoms with van der Waals surface area (Å²) in [6.07, 6.45) is 0.191. The molecule has 0 spiro atoms. The van der Waals surface area contributed by atoms with Crippen LogP contribution in [0.2, 0.25) is 18.1 Å². The Balaban J connectivity index is 3.22. The molecule has 0 aliphatic carbocycles. The predicted octanol–water partition coefficient (Wildman–Crippen LogP) is 3.82. The van der Waals surface area contributed by atoms with Crippen molar-refractivity contribution in [3.05, 3.63) is 0 Å². The van der Waals surface area contributed by atoms with Gasteiger partial charge in [-0.25, -0.2) is 0 Å². The fourth-order valence-electron chi connectivity index (χ4n) is 3.17. The molecule has 0 aromatic heterocycles. The highest BCUT2D eigenvalue weighted by Gasteiger charge is 2.58. The van der Waals surface area contributed by atoms with Crippen LogP contribution in [-0.2, 0) is 18.7 Å². The number of hydrogen-bond acceptors (Lipinski definition) is 4. The number of carbonyl (C=O) groups is 1. The van der Waals surface area contributed by atoms with Crippen LogP contribution in [0.1, 0.15) is 61.8 Å². The molecule has 1 saturated heterocycles. The normalized spacial score (nSPS) is 30.2. The number of primary amides is 1. The van der Waals surface area contributed by atoms with Crippen LogP contribution >= 0.6 is 0 Å². The van der Waals surface area contributed by atoms with Crippen LogP contribution in [0, 0.1) is 5.92 Å². The van der Waals surface area contributed by atoms with Crippen LogP contribution in [0.5, 0.6) is 0 Å². The van der Waals surface area contributed by atoms with Crippen molar-refractivity contribution in [2.24, 2.45) is 11.7 Å². The van der Waals surface area contributed by atoms with E-state index in [0.717, 1.165) is 6.42 Å². The zero-order valence-electron chi connectivity index (χ0n) is 17.1. The van der Waals surface area contributed by atoms with E-state index in [1.165, 1.54) is 0 Å². The van der Waals surface area contributed by atoms with Crippen molar-refractivity contribution in [3.8, 4) is 0 Å². The van der Waals surface area contributed by atoms with Gasteiger partial charge in [0.2, 0.25) is 5.91 Å². The summed E-state index contributed by atoms with van der Waals surface area (Å²) in [5.41, 5.74) is 4.84. The Morgan fingerprint density at radius 1 is 1.29 bits per heavy atom. The Labute approximate surface area is 148 Å². The van der Waals surface area contributed by atoms with E-state index < -0.39 is 31.7 Å². The fraction of sp³-hybridized carbons (Fsp3) is 0.944. The maximum absolute atomic E-state index is 11.8. The van der Waals surface area contributed by atoms with Gasteiger partial charge in [-0.15, -0.1) is 0 Å². The minimum Gasteiger partial charge on any atom is -0.411 e. The second-order valence-corrected chi connectivity index (χ2v) is 13.9. The van der Waals surface area contributed by atoms with E-state index in [2.05, 4.69) is 40.8 Å². The lowest BCUT2D eigenvalue weighted by atomic mass is 9.84. The van der Waals surface area contributed by atoms with Crippen molar-refractivity contribution in [1.29, 1.82) is 0 Å². The molecule has 0 aromatic rings. The monoisotopic (exact) mass is 359 g/mol. The van der Waals surface area contributed by atoms with Crippen molar-refractivity contribution in [2.75, 3.05) is 0 Å². The van der Waals surface area contributed by atoms with Gasteiger partial charge in [-0.05, 0) is 45.3 Å². The van der Waals surface area contributed by atoms with E-state index in [0.29, 0.717) is 0 Å². The summed E-state index contributed by atoms with van der Waals surface area (Å²) in [6.45, 7) is 20.7. The number of rotatable bonds is 6. The third-order valence-corrected chi connectivity index (χ3v) is 10.1. The summed E-state index contributed by atoms with van der Waals surface area (Å²) in [7, 11) is -1.99. The molecule has 1 aliphatic heterocycles. The lowest BCUT2D eigenvalue weighted by molar-refractivity contribution is -0.177. The first-order chi connectivity index (χ1) is 10.6. The minimum atomic E-state index is -1.99. The SMILES string of the molecule is CC[C@@H](O[Si](C)(C)C(C)(C)C)[C@@]1(C)OC(C)(C)O[C@@H]1[C@@H](C)C(N)=O. The summed E-state index contributed by atoms with van der Waals surface area (Å²) < 4.78 is 19.1. The summed E-state index contributed by atoms with van der Waals surface area (Å²) in [5, 5.41) is 0.0938. The maximum atomic E-state index is 11.8. The third-order valence-electron chi connectivity index (χ3n) is 5.60. The van der Waals surface area contributed by atoms with Crippen molar-refractivity contribution < 1.29 is 18.7 Å². The molecule has 4 atom stereocenters. The number of nitrogens with two attached hydrogens (primary N) is 1. The van der Waals surface area contributed by atoms with Gasteiger partial charge in [0, 0.05) is 0 Å². The van der Waals surface area contributed by atoms with Gasteiger partial charge in [0.05, 0.1) is 12.0 Å². The molecule has 1 amide bonds. The molecule has 1 fully saturated rings. The highest BCUT2D eigenvalue weighted by Crippen LogP contribution is 2.46. The van der Waals surface area contributed by atoms with Crippen molar-refractivity contribution in [3.63, 3.8) is 0 Å². The second kappa shape index (κ2) is 6.70. The van der Waals surface area contributed by atoms with Crippen molar-refractivity contribution in [1.82, 2.24) is 0 Å². The quantitative estimate of drug-likeness (QED) is 0.732. The molecular formula is C18H37NO4Si. The van der Waals surface area contributed by atoms with Crippen LogP contribution in [0.15, 0.2) is 0 Å². The molecule has 1 heterocycles. The molecule has 0 radical (unpaired) electrons. The van der Waals surface area contributed by atoms with Crippen LogP contribution in [0.25, 0.3) is 0 Å². The lowest BCUT2D eigenvalue weighted by Crippen LogP contribution is -2.57. The minimum absolute atomic E-state index is 0.0938. The maximum Gasteiger partial charge on any atom is 0.222 e. The summed E-state index contributed by atoms with van der Waals surface area (Å²) in [4.78, 5) is 11.8. The molecule has 0 aromatic carbocycles. The molecule has 0 saturated carbocycles. The highest BCUT2D eigenvalue weighted by atomic mass is 28.4. The van der Waals surface area contributed by atoms with Gasteiger partial charge in [0.25, 0.3) is 0 Å². The van der Waals surface area contributed by atoms with E-state index in [1.807, 2.05) is 20.8 Å². The molecule has 5 nitrogen and oxygen atoms in total. The van der Waals surface area contributed by atoms with Crippen molar-refractivity contribution >= 4 is 14.2 Å². The first kappa shape index (κ1) is 21.6. The number of amides is 1. The average Bonchev–Trinajstić information content (AvgIpc) is 2.64. The van der Waals surface area contributed by atoms with Crippen molar-refractivity contribution in [2.45, 2.75) is 104 Å². The van der Waals surface area contributed by atoms with Gasteiger partial charge in [-0.1, -0.05) is 34.6 Å². The van der Waals surface area contributed by atoms with Crippen LogP contribution in [0.4, 0.5) is 0 Å².